The van der Waals surface area contributed by atoms with Crippen molar-refractivity contribution in [3.05, 3.63) is 29.6 Å². The van der Waals surface area contributed by atoms with Crippen molar-refractivity contribution in [1.82, 2.24) is 9.97 Å². The first kappa shape index (κ1) is 9.81. The number of pyridine rings is 1. The van der Waals surface area contributed by atoms with E-state index in [1.54, 1.807) is 0 Å². The molecule has 0 saturated carbocycles. The molecule has 2 aromatic heterocycles. The summed E-state index contributed by atoms with van der Waals surface area (Å²) in [6.45, 7) is 1.42. The van der Waals surface area contributed by atoms with Gasteiger partial charge in [-0.2, -0.15) is 0 Å². The largest absolute Gasteiger partial charge is 0.372 e. The van der Waals surface area contributed by atoms with Gasteiger partial charge in [-0.15, -0.1) is 0 Å². The summed E-state index contributed by atoms with van der Waals surface area (Å²) in [6.07, 6.45) is 3.74. The topological polar surface area (TPSA) is 63.9 Å². The molecule has 0 spiro atoms. The van der Waals surface area contributed by atoms with E-state index in [9.17, 15) is 0 Å². The van der Waals surface area contributed by atoms with E-state index in [1.165, 1.54) is 16.6 Å². The molecule has 1 aliphatic rings. The lowest BCUT2D eigenvalue weighted by Gasteiger charge is -2.22. The maximum absolute atomic E-state index is 5.74. The van der Waals surface area contributed by atoms with Gasteiger partial charge in [0.25, 0.3) is 0 Å². The van der Waals surface area contributed by atoms with Crippen molar-refractivity contribution in [1.29, 1.82) is 0 Å². The Labute approximate surface area is 93.8 Å². The third kappa shape index (κ3) is 1.42. The first-order valence-electron chi connectivity index (χ1n) is 5.67. The lowest BCUT2D eigenvalue weighted by Crippen LogP contribution is -2.18. The second-order valence-electron chi connectivity index (χ2n) is 4.10. The molecule has 0 fully saturated rings. The van der Waals surface area contributed by atoms with Gasteiger partial charge in [0.05, 0.1) is 12.7 Å². The molecule has 3 rings (SSSR count). The summed E-state index contributed by atoms with van der Waals surface area (Å²) in [4.78, 5) is 7.70. The summed E-state index contributed by atoms with van der Waals surface area (Å²) in [5.41, 5.74) is 9.09. The van der Waals surface area contributed by atoms with E-state index < -0.39 is 0 Å². The minimum Gasteiger partial charge on any atom is -0.372 e. The zero-order valence-corrected chi connectivity index (χ0v) is 9.07. The van der Waals surface area contributed by atoms with Gasteiger partial charge >= 0.3 is 0 Å². The van der Waals surface area contributed by atoms with Crippen molar-refractivity contribution in [3.63, 3.8) is 0 Å². The highest BCUT2D eigenvalue weighted by molar-refractivity contribution is 5.81. The summed E-state index contributed by atoms with van der Waals surface area (Å²) in [5.74, 6) is 0. The molecule has 1 unspecified atom stereocenters. The number of rotatable bonds is 2. The summed E-state index contributed by atoms with van der Waals surface area (Å²) >= 11 is 0. The van der Waals surface area contributed by atoms with Gasteiger partial charge in [0.15, 0.2) is 0 Å². The smallest absolute Gasteiger partial charge is 0.137 e. The molecule has 84 valence electrons. The zero-order valence-electron chi connectivity index (χ0n) is 9.07. The zero-order chi connectivity index (χ0) is 11.0. The molecule has 3 N–H and O–H groups in total. The molecule has 3 heterocycles. The first-order chi connectivity index (χ1) is 7.90. The molecule has 1 atom stereocenters. The van der Waals surface area contributed by atoms with E-state index >= 15 is 0 Å². The molecule has 0 aliphatic carbocycles. The summed E-state index contributed by atoms with van der Waals surface area (Å²) in [6, 6.07) is 4.09. The number of aromatic amines is 1. The lowest BCUT2D eigenvalue weighted by molar-refractivity contribution is 0.0360. The van der Waals surface area contributed by atoms with Crippen molar-refractivity contribution >= 4 is 11.0 Å². The molecule has 0 bridgehead atoms. The Kier molecular flexibility index (Phi) is 2.38. The fourth-order valence-electron chi connectivity index (χ4n) is 2.41. The van der Waals surface area contributed by atoms with Crippen molar-refractivity contribution in [2.75, 3.05) is 13.2 Å². The maximum Gasteiger partial charge on any atom is 0.137 e. The fraction of sp³-hybridized carbons (Fsp3) is 0.417. The van der Waals surface area contributed by atoms with Gasteiger partial charge in [0.2, 0.25) is 0 Å². The summed E-state index contributed by atoms with van der Waals surface area (Å²) in [5, 5.41) is 1.22. The van der Waals surface area contributed by atoms with Gasteiger partial charge in [-0.05, 0) is 37.1 Å². The molecule has 0 aromatic carbocycles. The number of nitrogens with two attached hydrogens (primary N) is 1. The molecule has 4 heteroatoms. The number of hydrogen-bond donors (Lipinski definition) is 2. The Morgan fingerprint density at radius 2 is 2.50 bits per heavy atom. The van der Waals surface area contributed by atoms with Crippen LogP contribution in [0.3, 0.4) is 0 Å². The molecule has 0 saturated heterocycles. The second-order valence-corrected chi connectivity index (χ2v) is 4.10. The van der Waals surface area contributed by atoms with Crippen molar-refractivity contribution in [2.45, 2.75) is 18.9 Å². The van der Waals surface area contributed by atoms with Crippen LogP contribution >= 0.6 is 0 Å². The van der Waals surface area contributed by atoms with Crippen LogP contribution in [0, 0.1) is 0 Å². The van der Waals surface area contributed by atoms with Crippen LogP contribution in [0.2, 0.25) is 0 Å². The van der Waals surface area contributed by atoms with Crippen LogP contribution in [0.25, 0.3) is 11.0 Å². The van der Waals surface area contributed by atoms with E-state index in [0.717, 1.165) is 25.1 Å². The van der Waals surface area contributed by atoms with Gasteiger partial charge in [0.1, 0.15) is 5.65 Å². The first-order valence-corrected chi connectivity index (χ1v) is 5.67. The van der Waals surface area contributed by atoms with E-state index in [0.29, 0.717) is 6.54 Å². The maximum atomic E-state index is 5.74. The minimum absolute atomic E-state index is 0.114. The highest BCUT2D eigenvalue weighted by Crippen LogP contribution is 2.33. The minimum atomic E-state index is 0.114. The van der Waals surface area contributed by atoms with Crippen molar-refractivity contribution < 1.29 is 4.74 Å². The van der Waals surface area contributed by atoms with Crippen LogP contribution in [0.1, 0.15) is 23.8 Å². The number of nitrogens with zero attached hydrogens (tertiary/aromatic N) is 1. The Hall–Kier alpha value is -1.39. The van der Waals surface area contributed by atoms with E-state index in [2.05, 4.69) is 16.0 Å². The molecule has 2 aromatic rings. The molecule has 16 heavy (non-hydrogen) atoms. The van der Waals surface area contributed by atoms with Gasteiger partial charge in [0, 0.05) is 17.3 Å². The average Bonchev–Trinajstić information content (AvgIpc) is 2.69. The molecule has 0 radical (unpaired) electrons. The third-order valence-corrected chi connectivity index (χ3v) is 3.13. The number of hydrogen-bond acceptors (Lipinski definition) is 3. The van der Waals surface area contributed by atoms with Crippen LogP contribution < -0.4 is 5.73 Å². The predicted molar refractivity (Wildman–Crippen MR) is 62.2 cm³/mol. The molecule has 0 amide bonds. The van der Waals surface area contributed by atoms with Crippen LogP contribution in [-0.4, -0.2) is 23.1 Å². The predicted octanol–water partition coefficient (Wildman–Crippen LogP) is 1.53. The molecular formula is C12H15N3O. The molecular weight excluding hydrogens is 202 g/mol. The normalized spacial score (nSPS) is 19.9. The standard InChI is InChI=1S/C12H15N3O/c13-5-3-10-11-8(4-7-16-10)9-2-1-6-14-12(9)15-11/h1-2,6,10H,3-5,7,13H2,(H,14,15). The van der Waals surface area contributed by atoms with Gasteiger partial charge in [-0.1, -0.05) is 0 Å². The second kappa shape index (κ2) is 3.88. The monoisotopic (exact) mass is 217 g/mol. The number of H-pyrrole nitrogens is 1. The van der Waals surface area contributed by atoms with Crippen molar-refractivity contribution in [2.24, 2.45) is 5.73 Å². The fourth-order valence-corrected chi connectivity index (χ4v) is 2.41. The molecule has 1 aliphatic heterocycles. The highest BCUT2D eigenvalue weighted by Gasteiger charge is 2.24. The number of fused-ring (bicyclic) bond motifs is 3. The Morgan fingerprint density at radius 1 is 1.56 bits per heavy atom. The number of nitrogens with one attached hydrogen (secondary N) is 1. The Bertz CT molecular complexity index is 506. The van der Waals surface area contributed by atoms with E-state index in [4.69, 9.17) is 10.5 Å². The lowest BCUT2D eigenvalue weighted by atomic mass is 10.0. The third-order valence-electron chi connectivity index (χ3n) is 3.13. The molecule has 4 nitrogen and oxygen atoms in total. The van der Waals surface area contributed by atoms with Crippen LogP contribution in [0.15, 0.2) is 18.3 Å². The number of aromatic nitrogens is 2. The highest BCUT2D eigenvalue weighted by atomic mass is 16.5. The van der Waals surface area contributed by atoms with Crippen LogP contribution in [0.5, 0.6) is 0 Å². The van der Waals surface area contributed by atoms with Gasteiger partial charge in [-0.3, -0.25) is 0 Å². The number of ether oxygens (including phenoxy) is 1. The van der Waals surface area contributed by atoms with E-state index in [-0.39, 0.29) is 6.10 Å². The Balaban J connectivity index is 2.13. The SMILES string of the molecule is NCCC1OCCc2c1[nH]c1ncccc21. The van der Waals surface area contributed by atoms with Crippen LogP contribution in [-0.2, 0) is 11.2 Å². The van der Waals surface area contributed by atoms with Crippen molar-refractivity contribution in [3.8, 4) is 0 Å². The summed E-state index contributed by atoms with van der Waals surface area (Å²) in [7, 11) is 0. The average molecular weight is 217 g/mol. The summed E-state index contributed by atoms with van der Waals surface area (Å²) < 4.78 is 5.74. The van der Waals surface area contributed by atoms with Gasteiger partial charge in [-0.25, -0.2) is 4.98 Å². The Morgan fingerprint density at radius 3 is 3.38 bits per heavy atom. The van der Waals surface area contributed by atoms with Crippen LogP contribution in [0.4, 0.5) is 0 Å². The van der Waals surface area contributed by atoms with E-state index in [1.807, 2.05) is 12.3 Å². The quantitative estimate of drug-likeness (QED) is 0.801. The van der Waals surface area contributed by atoms with Gasteiger partial charge < -0.3 is 15.5 Å².